The van der Waals surface area contributed by atoms with Crippen molar-refractivity contribution in [3.05, 3.63) is 41.6 Å². The highest BCUT2D eigenvalue weighted by molar-refractivity contribution is 6.06. The number of nitrogens with zero attached hydrogens (tertiary/aromatic N) is 3. The molecule has 0 spiro atoms. The Hall–Kier alpha value is -2.63. The summed E-state index contributed by atoms with van der Waals surface area (Å²) in [6.45, 7) is 1.90. The number of carbonyl (C=O) groups is 1. The van der Waals surface area contributed by atoms with E-state index in [1.807, 2.05) is 39.2 Å². The van der Waals surface area contributed by atoms with E-state index in [9.17, 15) is 4.79 Å². The third-order valence-corrected chi connectivity index (χ3v) is 2.99. The fraction of sp³-hybridized carbons (Fsp3) is 0.267. The highest BCUT2D eigenvalue weighted by atomic mass is 16.5. The van der Waals surface area contributed by atoms with Gasteiger partial charge in [0, 0.05) is 19.7 Å². The zero-order valence-corrected chi connectivity index (χ0v) is 12.5. The Labute approximate surface area is 123 Å². The number of aryl methyl sites for hydroxylation is 1. The molecule has 2 aromatic rings. The lowest BCUT2D eigenvalue weighted by Crippen LogP contribution is -2.19. The molecule has 6 nitrogen and oxygen atoms in total. The summed E-state index contributed by atoms with van der Waals surface area (Å²) >= 11 is 0. The maximum Gasteiger partial charge on any atom is 0.318 e. The van der Waals surface area contributed by atoms with E-state index in [0.29, 0.717) is 17.1 Å². The Bertz CT molecular complexity index is 656. The van der Waals surface area contributed by atoms with E-state index in [1.54, 1.807) is 11.0 Å². The number of aromatic nitrogens is 2. The SMILES string of the molecule is COc1ncc(NC(=O)c2ccccc2C)c(N(C)C)n1. The summed E-state index contributed by atoms with van der Waals surface area (Å²) in [6.07, 6.45) is 1.54. The Morgan fingerprint density at radius 3 is 2.62 bits per heavy atom. The largest absolute Gasteiger partial charge is 0.467 e. The standard InChI is InChI=1S/C15H18N4O2/c1-10-7-5-6-8-11(10)14(20)17-12-9-16-15(21-4)18-13(12)19(2)3/h5-9H,1-4H3,(H,17,20). The lowest BCUT2D eigenvalue weighted by atomic mass is 10.1. The van der Waals surface area contributed by atoms with Gasteiger partial charge in [-0.1, -0.05) is 18.2 Å². The zero-order chi connectivity index (χ0) is 15.4. The van der Waals surface area contributed by atoms with Gasteiger partial charge in [0.15, 0.2) is 5.82 Å². The molecule has 1 N–H and O–H groups in total. The molecule has 0 fully saturated rings. The van der Waals surface area contributed by atoms with Crippen LogP contribution in [0.15, 0.2) is 30.5 Å². The maximum atomic E-state index is 12.3. The number of rotatable bonds is 4. The number of carbonyl (C=O) groups excluding carboxylic acids is 1. The van der Waals surface area contributed by atoms with Crippen LogP contribution in [0.25, 0.3) is 0 Å². The van der Waals surface area contributed by atoms with Gasteiger partial charge in [-0.05, 0) is 18.6 Å². The van der Waals surface area contributed by atoms with Crippen LogP contribution in [0, 0.1) is 6.92 Å². The van der Waals surface area contributed by atoms with Gasteiger partial charge in [0.1, 0.15) is 5.69 Å². The van der Waals surface area contributed by atoms with Crippen LogP contribution in [-0.4, -0.2) is 37.1 Å². The highest BCUT2D eigenvalue weighted by Crippen LogP contribution is 2.23. The van der Waals surface area contributed by atoms with Crippen molar-refractivity contribution in [1.29, 1.82) is 0 Å². The Morgan fingerprint density at radius 1 is 1.29 bits per heavy atom. The van der Waals surface area contributed by atoms with Crippen LogP contribution in [-0.2, 0) is 0 Å². The molecule has 0 aliphatic rings. The van der Waals surface area contributed by atoms with Gasteiger partial charge in [0.25, 0.3) is 5.91 Å². The second kappa shape index (κ2) is 6.21. The minimum Gasteiger partial charge on any atom is -0.467 e. The van der Waals surface area contributed by atoms with Crippen molar-refractivity contribution >= 4 is 17.4 Å². The molecule has 110 valence electrons. The number of amides is 1. The van der Waals surface area contributed by atoms with E-state index in [-0.39, 0.29) is 11.9 Å². The Morgan fingerprint density at radius 2 is 2.00 bits per heavy atom. The monoisotopic (exact) mass is 286 g/mol. The molecule has 0 aliphatic heterocycles. The molecule has 2 rings (SSSR count). The molecule has 1 aromatic heterocycles. The van der Waals surface area contributed by atoms with Crippen LogP contribution in [0.1, 0.15) is 15.9 Å². The number of methoxy groups -OCH3 is 1. The lowest BCUT2D eigenvalue weighted by Gasteiger charge is -2.17. The van der Waals surface area contributed by atoms with Gasteiger partial charge in [-0.3, -0.25) is 4.79 Å². The third kappa shape index (κ3) is 3.28. The van der Waals surface area contributed by atoms with Gasteiger partial charge < -0.3 is 15.0 Å². The predicted molar refractivity (Wildman–Crippen MR) is 82.0 cm³/mol. The quantitative estimate of drug-likeness (QED) is 0.932. The zero-order valence-electron chi connectivity index (χ0n) is 12.5. The van der Waals surface area contributed by atoms with Gasteiger partial charge in [0.2, 0.25) is 0 Å². The summed E-state index contributed by atoms with van der Waals surface area (Å²) in [5, 5.41) is 2.84. The normalized spacial score (nSPS) is 10.1. The predicted octanol–water partition coefficient (Wildman–Crippen LogP) is 2.11. The molecule has 21 heavy (non-hydrogen) atoms. The van der Waals surface area contributed by atoms with Crippen molar-refractivity contribution in [2.45, 2.75) is 6.92 Å². The first-order valence-electron chi connectivity index (χ1n) is 6.48. The molecule has 0 bridgehead atoms. The van der Waals surface area contributed by atoms with Crippen LogP contribution in [0.4, 0.5) is 11.5 Å². The summed E-state index contributed by atoms with van der Waals surface area (Å²) < 4.78 is 5.01. The Kier molecular flexibility index (Phi) is 4.37. The van der Waals surface area contributed by atoms with Crippen molar-refractivity contribution in [3.8, 4) is 6.01 Å². The second-order valence-corrected chi connectivity index (χ2v) is 4.76. The number of nitrogens with one attached hydrogen (secondary N) is 1. The first-order chi connectivity index (χ1) is 10.0. The molecule has 6 heteroatoms. The van der Waals surface area contributed by atoms with Crippen molar-refractivity contribution in [2.75, 3.05) is 31.4 Å². The number of benzene rings is 1. The van der Waals surface area contributed by atoms with Crippen molar-refractivity contribution in [1.82, 2.24) is 9.97 Å². The van der Waals surface area contributed by atoms with Crippen LogP contribution in [0.5, 0.6) is 6.01 Å². The topological polar surface area (TPSA) is 67.3 Å². The first kappa shape index (κ1) is 14.8. The van der Waals surface area contributed by atoms with Gasteiger partial charge in [-0.15, -0.1) is 0 Å². The summed E-state index contributed by atoms with van der Waals surface area (Å²) in [7, 11) is 5.18. The van der Waals surface area contributed by atoms with E-state index in [0.717, 1.165) is 5.56 Å². The molecule has 0 radical (unpaired) electrons. The molecule has 0 saturated heterocycles. The Balaban J connectivity index is 2.31. The average Bonchev–Trinajstić information content (AvgIpc) is 2.47. The molecule has 1 amide bonds. The van der Waals surface area contributed by atoms with Crippen molar-refractivity contribution < 1.29 is 9.53 Å². The van der Waals surface area contributed by atoms with E-state index in [4.69, 9.17) is 4.74 Å². The molecule has 0 unspecified atom stereocenters. The lowest BCUT2D eigenvalue weighted by molar-refractivity contribution is 0.102. The molecular formula is C15H18N4O2. The first-order valence-corrected chi connectivity index (χ1v) is 6.48. The third-order valence-electron chi connectivity index (χ3n) is 2.99. The van der Waals surface area contributed by atoms with Crippen LogP contribution in [0.2, 0.25) is 0 Å². The van der Waals surface area contributed by atoms with Crippen LogP contribution < -0.4 is 15.0 Å². The number of hydrogen-bond donors (Lipinski definition) is 1. The van der Waals surface area contributed by atoms with Crippen molar-refractivity contribution in [2.24, 2.45) is 0 Å². The van der Waals surface area contributed by atoms with Gasteiger partial charge in [-0.2, -0.15) is 4.98 Å². The smallest absolute Gasteiger partial charge is 0.318 e. The van der Waals surface area contributed by atoms with E-state index in [1.165, 1.54) is 13.3 Å². The van der Waals surface area contributed by atoms with Crippen molar-refractivity contribution in [3.63, 3.8) is 0 Å². The van der Waals surface area contributed by atoms with Crippen LogP contribution >= 0.6 is 0 Å². The summed E-state index contributed by atoms with van der Waals surface area (Å²) in [5.74, 6) is 0.397. The molecule has 0 saturated carbocycles. The van der Waals surface area contributed by atoms with Gasteiger partial charge in [0.05, 0.1) is 13.3 Å². The van der Waals surface area contributed by atoms with E-state index in [2.05, 4.69) is 15.3 Å². The summed E-state index contributed by atoms with van der Waals surface area (Å²) in [5.41, 5.74) is 2.07. The number of ether oxygens (including phenoxy) is 1. The van der Waals surface area contributed by atoms with E-state index < -0.39 is 0 Å². The van der Waals surface area contributed by atoms with Gasteiger partial charge >= 0.3 is 6.01 Å². The fourth-order valence-electron chi connectivity index (χ4n) is 1.90. The number of hydrogen-bond acceptors (Lipinski definition) is 5. The average molecular weight is 286 g/mol. The maximum absolute atomic E-state index is 12.3. The second-order valence-electron chi connectivity index (χ2n) is 4.76. The molecule has 0 atom stereocenters. The molecule has 1 aromatic carbocycles. The summed E-state index contributed by atoms with van der Waals surface area (Å²) in [6, 6.07) is 7.66. The highest BCUT2D eigenvalue weighted by Gasteiger charge is 2.14. The minimum absolute atomic E-state index is 0.190. The molecule has 0 aliphatic carbocycles. The van der Waals surface area contributed by atoms with Gasteiger partial charge in [-0.25, -0.2) is 4.98 Å². The number of anilines is 2. The summed E-state index contributed by atoms with van der Waals surface area (Å²) in [4.78, 5) is 22.4. The molecular weight excluding hydrogens is 268 g/mol. The minimum atomic E-state index is -0.190. The molecule has 1 heterocycles. The van der Waals surface area contributed by atoms with E-state index >= 15 is 0 Å². The fourth-order valence-corrected chi connectivity index (χ4v) is 1.90. The van der Waals surface area contributed by atoms with Crippen LogP contribution in [0.3, 0.4) is 0 Å².